The molecule has 1 saturated heterocycles. The van der Waals surface area contributed by atoms with Crippen LogP contribution in [0, 0.1) is 13.8 Å². The molecule has 0 saturated carbocycles. The Labute approximate surface area is 91.5 Å². The predicted molar refractivity (Wildman–Crippen MR) is 63.4 cm³/mol. The normalized spacial score (nSPS) is 17.6. The largest absolute Gasteiger partial charge is 0.355 e. The van der Waals surface area contributed by atoms with Crippen molar-refractivity contribution >= 4 is 5.82 Å². The van der Waals surface area contributed by atoms with Gasteiger partial charge in [-0.05, 0) is 44.0 Å². The van der Waals surface area contributed by atoms with Crippen molar-refractivity contribution in [2.75, 3.05) is 31.1 Å². The van der Waals surface area contributed by atoms with Crippen molar-refractivity contribution in [1.29, 1.82) is 0 Å². The Morgan fingerprint density at radius 1 is 1.27 bits per heavy atom. The summed E-state index contributed by atoms with van der Waals surface area (Å²) in [6.45, 7) is 8.69. The number of hydrogen-bond donors (Lipinski definition) is 1. The van der Waals surface area contributed by atoms with Gasteiger partial charge in [0.15, 0.2) is 0 Å². The van der Waals surface area contributed by atoms with E-state index in [0.29, 0.717) is 0 Å². The zero-order chi connectivity index (χ0) is 10.7. The molecule has 0 radical (unpaired) electrons. The van der Waals surface area contributed by atoms with Crippen LogP contribution >= 0.6 is 0 Å². The first kappa shape index (κ1) is 10.4. The van der Waals surface area contributed by atoms with Gasteiger partial charge in [0.2, 0.25) is 0 Å². The van der Waals surface area contributed by atoms with E-state index >= 15 is 0 Å². The van der Waals surface area contributed by atoms with Gasteiger partial charge in [0.05, 0.1) is 0 Å². The van der Waals surface area contributed by atoms with Crippen molar-refractivity contribution in [3.05, 3.63) is 23.4 Å². The third kappa shape index (κ3) is 2.29. The van der Waals surface area contributed by atoms with Crippen molar-refractivity contribution < 1.29 is 0 Å². The minimum Gasteiger partial charge on any atom is -0.355 e. The standard InChI is InChI=1S/C12H19N3/c1-10-4-6-14-12(11(10)2)15-8-3-5-13-7-9-15/h4,6,13H,3,5,7-9H2,1-2H3. The van der Waals surface area contributed by atoms with Crippen LogP contribution in [0.1, 0.15) is 17.5 Å². The first-order valence-corrected chi connectivity index (χ1v) is 5.67. The number of hydrogen-bond acceptors (Lipinski definition) is 3. The fourth-order valence-electron chi connectivity index (χ4n) is 1.99. The van der Waals surface area contributed by atoms with Crippen LogP contribution in [0.25, 0.3) is 0 Å². The van der Waals surface area contributed by atoms with Gasteiger partial charge in [-0.3, -0.25) is 0 Å². The molecule has 0 unspecified atom stereocenters. The second-order valence-corrected chi connectivity index (χ2v) is 4.17. The first-order valence-electron chi connectivity index (χ1n) is 5.67. The number of anilines is 1. The number of nitrogens with zero attached hydrogens (tertiary/aromatic N) is 2. The molecule has 82 valence electrons. The third-order valence-corrected chi connectivity index (χ3v) is 3.09. The van der Waals surface area contributed by atoms with E-state index in [4.69, 9.17) is 0 Å². The van der Waals surface area contributed by atoms with E-state index in [0.717, 1.165) is 26.2 Å². The Kier molecular flexibility index (Phi) is 3.21. The smallest absolute Gasteiger partial charge is 0.131 e. The van der Waals surface area contributed by atoms with Crippen LogP contribution in [-0.4, -0.2) is 31.2 Å². The molecule has 1 aromatic heterocycles. The van der Waals surface area contributed by atoms with E-state index in [9.17, 15) is 0 Å². The molecule has 0 aromatic carbocycles. The first-order chi connectivity index (χ1) is 7.29. The summed E-state index contributed by atoms with van der Waals surface area (Å²) in [5.74, 6) is 1.17. The van der Waals surface area contributed by atoms with E-state index in [1.807, 2.05) is 6.20 Å². The van der Waals surface area contributed by atoms with Crippen molar-refractivity contribution in [2.24, 2.45) is 0 Å². The fraction of sp³-hybridized carbons (Fsp3) is 0.583. The summed E-state index contributed by atoms with van der Waals surface area (Å²) in [4.78, 5) is 6.89. The molecule has 0 amide bonds. The van der Waals surface area contributed by atoms with Crippen molar-refractivity contribution in [3.8, 4) is 0 Å². The minimum atomic E-state index is 1.06. The van der Waals surface area contributed by atoms with E-state index in [-0.39, 0.29) is 0 Å². The van der Waals surface area contributed by atoms with E-state index in [1.54, 1.807) is 0 Å². The highest BCUT2D eigenvalue weighted by atomic mass is 15.2. The molecule has 15 heavy (non-hydrogen) atoms. The highest BCUT2D eigenvalue weighted by molar-refractivity contribution is 5.49. The topological polar surface area (TPSA) is 28.2 Å². The number of pyridine rings is 1. The molecule has 3 heteroatoms. The van der Waals surface area contributed by atoms with Crippen molar-refractivity contribution in [1.82, 2.24) is 10.3 Å². The van der Waals surface area contributed by atoms with E-state index in [2.05, 4.69) is 35.1 Å². The number of nitrogens with one attached hydrogen (secondary N) is 1. The summed E-state index contributed by atoms with van der Waals surface area (Å²) >= 11 is 0. The van der Waals surface area contributed by atoms with Crippen LogP contribution in [0.4, 0.5) is 5.82 Å². The van der Waals surface area contributed by atoms with Gasteiger partial charge < -0.3 is 10.2 Å². The average molecular weight is 205 g/mol. The van der Waals surface area contributed by atoms with Crippen LogP contribution in [0.2, 0.25) is 0 Å². The number of rotatable bonds is 1. The van der Waals surface area contributed by atoms with Crippen LogP contribution in [0.5, 0.6) is 0 Å². The summed E-state index contributed by atoms with van der Waals surface area (Å²) in [5.41, 5.74) is 2.65. The molecule has 1 aromatic rings. The molecule has 2 heterocycles. The molecule has 0 bridgehead atoms. The quantitative estimate of drug-likeness (QED) is 0.753. The second kappa shape index (κ2) is 4.62. The fourth-order valence-corrected chi connectivity index (χ4v) is 1.99. The molecule has 1 N–H and O–H groups in total. The Balaban J connectivity index is 2.23. The lowest BCUT2D eigenvalue weighted by atomic mass is 10.1. The van der Waals surface area contributed by atoms with Gasteiger partial charge in [-0.1, -0.05) is 0 Å². The minimum absolute atomic E-state index is 1.06. The number of aromatic nitrogens is 1. The summed E-state index contributed by atoms with van der Waals surface area (Å²) < 4.78 is 0. The van der Waals surface area contributed by atoms with Gasteiger partial charge in [-0.15, -0.1) is 0 Å². The molecule has 2 rings (SSSR count). The average Bonchev–Trinajstić information content (AvgIpc) is 2.50. The lowest BCUT2D eigenvalue weighted by Gasteiger charge is -2.23. The van der Waals surface area contributed by atoms with Gasteiger partial charge in [0, 0.05) is 25.8 Å². The van der Waals surface area contributed by atoms with Gasteiger partial charge in [-0.25, -0.2) is 4.98 Å². The Bertz CT molecular complexity index is 328. The second-order valence-electron chi connectivity index (χ2n) is 4.17. The van der Waals surface area contributed by atoms with E-state index < -0.39 is 0 Å². The Morgan fingerprint density at radius 3 is 3.00 bits per heavy atom. The van der Waals surface area contributed by atoms with Gasteiger partial charge in [-0.2, -0.15) is 0 Å². The lowest BCUT2D eigenvalue weighted by molar-refractivity contribution is 0.724. The lowest BCUT2D eigenvalue weighted by Crippen LogP contribution is -2.29. The molecule has 1 fully saturated rings. The molecule has 1 aliphatic rings. The maximum absolute atomic E-state index is 4.50. The molecule has 0 aliphatic carbocycles. The van der Waals surface area contributed by atoms with Gasteiger partial charge in [0.25, 0.3) is 0 Å². The Hall–Kier alpha value is -1.09. The summed E-state index contributed by atoms with van der Waals surface area (Å²) in [5, 5.41) is 3.41. The molecule has 0 spiro atoms. The molecule has 1 aliphatic heterocycles. The highest BCUT2D eigenvalue weighted by Crippen LogP contribution is 2.19. The SMILES string of the molecule is Cc1ccnc(N2CCCNCC2)c1C. The highest BCUT2D eigenvalue weighted by Gasteiger charge is 2.13. The molecule has 3 nitrogen and oxygen atoms in total. The molecular formula is C12H19N3. The Morgan fingerprint density at radius 2 is 2.13 bits per heavy atom. The van der Waals surface area contributed by atoms with Crippen LogP contribution in [-0.2, 0) is 0 Å². The van der Waals surface area contributed by atoms with Gasteiger partial charge >= 0.3 is 0 Å². The monoisotopic (exact) mass is 205 g/mol. The summed E-state index contributed by atoms with van der Waals surface area (Å²) in [7, 11) is 0. The number of aryl methyl sites for hydroxylation is 1. The summed E-state index contributed by atoms with van der Waals surface area (Å²) in [6.07, 6.45) is 3.12. The van der Waals surface area contributed by atoms with Crippen molar-refractivity contribution in [2.45, 2.75) is 20.3 Å². The zero-order valence-electron chi connectivity index (χ0n) is 9.58. The van der Waals surface area contributed by atoms with E-state index in [1.165, 1.54) is 23.4 Å². The summed E-state index contributed by atoms with van der Waals surface area (Å²) in [6, 6.07) is 2.08. The maximum Gasteiger partial charge on any atom is 0.131 e. The molecule has 0 atom stereocenters. The van der Waals surface area contributed by atoms with Crippen LogP contribution < -0.4 is 10.2 Å². The molecular weight excluding hydrogens is 186 g/mol. The van der Waals surface area contributed by atoms with Crippen LogP contribution in [0.15, 0.2) is 12.3 Å². The maximum atomic E-state index is 4.50. The van der Waals surface area contributed by atoms with Gasteiger partial charge in [0.1, 0.15) is 5.82 Å². The zero-order valence-corrected chi connectivity index (χ0v) is 9.58. The predicted octanol–water partition coefficient (Wildman–Crippen LogP) is 1.50. The van der Waals surface area contributed by atoms with Crippen molar-refractivity contribution in [3.63, 3.8) is 0 Å². The third-order valence-electron chi connectivity index (χ3n) is 3.09. The van der Waals surface area contributed by atoms with Crippen LogP contribution in [0.3, 0.4) is 0 Å².